The number of ether oxygens (including phenoxy) is 1. The van der Waals surface area contributed by atoms with Gasteiger partial charge in [0.25, 0.3) is 5.91 Å². The number of amides is 1. The fraction of sp³-hybridized carbons (Fsp3) is 0.750. The van der Waals surface area contributed by atoms with Crippen LogP contribution < -0.4 is 0 Å². The Morgan fingerprint density at radius 2 is 2.28 bits per heavy atom. The molecule has 0 N–H and O–H groups in total. The maximum absolute atomic E-state index is 12.3. The third kappa shape index (κ3) is 1.12. The molecule has 3 nitrogen and oxygen atoms in total. The minimum Gasteiger partial charge on any atom is -0.361 e. The Bertz CT molecular complexity index is 466. The van der Waals surface area contributed by atoms with Crippen molar-refractivity contribution >= 4 is 40.7 Å². The first-order valence-electron chi connectivity index (χ1n) is 6.12. The summed E-state index contributed by atoms with van der Waals surface area (Å²) in [6.07, 6.45) is 5.34. The van der Waals surface area contributed by atoms with Gasteiger partial charge in [0.2, 0.25) is 4.33 Å². The molecule has 2 bridgehead atoms. The topological polar surface area (TPSA) is 29.5 Å². The molecular formula is C12H12Cl3NO2. The summed E-state index contributed by atoms with van der Waals surface area (Å²) in [5.41, 5.74) is -0.397. The molecule has 5 atom stereocenters. The van der Waals surface area contributed by atoms with Gasteiger partial charge in [-0.2, -0.15) is 0 Å². The van der Waals surface area contributed by atoms with Crippen molar-refractivity contribution in [2.24, 2.45) is 11.8 Å². The van der Waals surface area contributed by atoms with Crippen molar-refractivity contribution in [2.75, 3.05) is 12.4 Å². The van der Waals surface area contributed by atoms with Crippen LogP contribution in [0.3, 0.4) is 0 Å². The number of hydrogen-bond acceptors (Lipinski definition) is 2. The van der Waals surface area contributed by atoms with Gasteiger partial charge >= 0.3 is 0 Å². The smallest absolute Gasteiger partial charge is 0.259 e. The number of rotatable bonds is 1. The van der Waals surface area contributed by atoms with E-state index in [9.17, 15) is 4.79 Å². The van der Waals surface area contributed by atoms with Gasteiger partial charge in [-0.3, -0.25) is 4.79 Å². The monoisotopic (exact) mass is 307 g/mol. The molecule has 4 aliphatic heterocycles. The molecule has 18 heavy (non-hydrogen) atoms. The van der Waals surface area contributed by atoms with Crippen LogP contribution in [-0.2, 0) is 9.53 Å². The highest BCUT2D eigenvalue weighted by molar-refractivity contribution is 6.59. The van der Waals surface area contributed by atoms with Crippen LogP contribution in [0.1, 0.15) is 6.42 Å². The minimum absolute atomic E-state index is 0.119. The maximum atomic E-state index is 12.3. The Morgan fingerprint density at radius 3 is 2.94 bits per heavy atom. The summed E-state index contributed by atoms with van der Waals surface area (Å²) in [4.78, 5) is 14.1. The number of alkyl halides is 3. The van der Waals surface area contributed by atoms with E-state index in [1.165, 1.54) is 0 Å². The number of nitrogens with zero attached hydrogens (tertiary/aromatic N) is 1. The largest absolute Gasteiger partial charge is 0.361 e. The molecule has 1 spiro atoms. The summed E-state index contributed by atoms with van der Waals surface area (Å²) in [6, 6.07) is -0.119. The van der Waals surface area contributed by atoms with Crippen molar-refractivity contribution in [3.63, 3.8) is 0 Å². The molecule has 0 unspecified atom stereocenters. The number of hydrogen-bond donors (Lipinski definition) is 0. The fourth-order valence-electron chi connectivity index (χ4n) is 4.11. The van der Waals surface area contributed by atoms with Crippen LogP contribution >= 0.6 is 34.8 Å². The van der Waals surface area contributed by atoms with Crippen LogP contribution in [0.15, 0.2) is 12.2 Å². The lowest BCUT2D eigenvalue weighted by molar-refractivity contribution is -0.129. The highest BCUT2D eigenvalue weighted by Gasteiger charge is 2.72. The molecular weight excluding hydrogens is 296 g/mol. The van der Waals surface area contributed by atoms with E-state index < -0.39 is 9.93 Å². The van der Waals surface area contributed by atoms with E-state index in [0.717, 1.165) is 6.42 Å². The third-order valence-electron chi connectivity index (χ3n) is 4.86. The van der Waals surface area contributed by atoms with Crippen LogP contribution in [0, 0.1) is 11.8 Å². The van der Waals surface area contributed by atoms with Gasteiger partial charge in [0, 0.05) is 24.3 Å². The first kappa shape index (κ1) is 11.8. The lowest BCUT2D eigenvalue weighted by Gasteiger charge is -2.33. The van der Waals surface area contributed by atoms with Crippen LogP contribution in [0.25, 0.3) is 0 Å². The molecule has 0 aromatic heterocycles. The molecule has 3 fully saturated rings. The molecule has 4 rings (SSSR count). The molecule has 6 heteroatoms. The van der Waals surface area contributed by atoms with Crippen LogP contribution in [0.2, 0.25) is 0 Å². The van der Waals surface area contributed by atoms with Gasteiger partial charge in [0.1, 0.15) is 5.60 Å². The normalized spacial score (nSPS) is 51.1. The predicted octanol–water partition coefficient (Wildman–Crippen LogP) is 1.95. The molecule has 0 aromatic carbocycles. The van der Waals surface area contributed by atoms with E-state index in [1.54, 1.807) is 4.90 Å². The Balaban J connectivity index is 1.83. The molecule has 1 amide bonds. The van der Waals surface area contributed by atoms with Crippen molar-refractivity contribution in [1.29, 1.82) is 0 Å². The summed E-state index contributed by atoms with van der Waals surface area (Å²) < 4.78 is 4.68. The highest BCUT2D eigenvalue weighted by Crippen LogP contribution is 2.59. The van der Waals surface area contributed by atoms with Crippen molar-refractivity contribution < 1.29 is 9.53 Å². The van der Waals surface area contributed by atoms with E-state index in [0.29, 0.717) is 12.5 Å². The van der Waals surface area contributed by atoms with E-state index in [4.69, 9.17) is 39.5 Å². The van der Waals surface area contributed by atoms with Gasteiger partial charge in [0.15, 0.2) is 0 Å². The van der Waals surface area contributed by atoms with E-state index >= 15 is 0 Å². The second-order valence-electron chi connectivity index (χ2n) is 5.59. The Labute approximate surface area is 120 Å². The average Bonchev–Trinajstić information content (AvgIpc) is 3.00. The number of carbonyl (C=O) groups is 1. The molecule has 3 saturated heterocycles. The van der Waals surface area contributed by atoms with Gasteiger partial charge in [0.05, 0.1) is 12.1 Å². The summed E-state index contributed by atoms with van der Waals surface area (Å²) in [5, 5.41) is 0. The standard InChI is InChI=1S/C12H12Cl3NO2/c13-4-8-9-11-2-1-7(18-11)3-6(11)5-16(9)10(17)12(8,14)15/h1-2,6-9H,3-5H2/t6-,7+,8-,9+,11-/m1/s1. The Kier molecular flexibility index (Phi) is 2.22. The van der Waals surface area contributed by atoms with Crippen LogP contribution in [0.5, 0.6) is 0 Å². The average molecular weight is 309 g/mol. The maximum Gasteiger partial charge on any atom is 0.259 e. The lowest BCUT2D eigenvalue weighted by Crippen LogP contribution is -2.47. The van der Waals surface area contributed by atoms with E-state index in [-0.39, 0.29) is 29.9 Å². The second kappa shape index (κ2) is 3.38. The zero-order valence-electron chi connectivity index (χ0n) is 9.48. The van der Waals surface area contributed by atoms with E-state index in [1.807, 2.05) is 0 Å². The minimum atomic E-state index is -1.41. The molecule has 4 aliphatic rings. The van der Waals surface area contributed by atoms with Crippen molar-refractivity contribution in [1.82, 2.24) is 4.90 Å². The van der Waals surface area contributed by atoms with Crippen molar-refractivity contribution in [3.05, 3.63) is 12.2 Å². The van der Waals surface area contributed by atoms with Gasteiger partial charge in [-0.1, -0.05) is 35.4 Å². The molecule has 0 radical (unpaired) electrons. The third-order valence-corrected chi connectivity index (χ3v) is 6.07. The van der Waals surface area contributed by atoms with Crippen molar-refractivity contribution in [3.8, 4) is 0 Å². The number of carbonyl (C=O) groups excluding carboxylic acids is 1. The van der Waals surface area contributed by atoms with Crippen LogP contribution in [-0.4, -0.2) is 45.3 Å². The molecule has 0 aliphatic carbocycles. The summed E-state index contributed by atoms with van der Waals surface area (Å²) in [7, 11) is 0. The first-order valence-corrected chi connectivity index (χ1v) is 7.42. The van der Waals surface area contributed by atoms with E-state index in [2.05, 4.69) is 12.2 Å². The highest BCUT2D eigenvalue weighted by atomic mass is 35.5. The van der Waals surface area contributed by atoms with Gasteiger partial charge in [-0.15, -0.1) is 11.6 Å². The molecule has 0 saturated carbocycles. The molecule has 4 heterocycles. The zero-order valence-corrected chi connectivity index (χ0v) is 11.8. The first-order chi connectivity index (χ1) is 8.50. The number of fused-ring (bicyclic) bond motifs is 2. The summed E-state index contributed by atoms with van der Waals surface area (Å²) in [6.45, 7) is 0.679. The summed E-state index contributed by atoms with van der Waals surface area (Å²) >= 11 is 18.5. The summed E-state index contributed by atoms with van der Waals surface area (Å²) in [5.74, 6) is 0.111. The number of halogens is 3. The van der Waals surface area contributed by atoms with Gasteiger partial charge in [-0.25, -0.2) is 0 Å². The Hall–Kier alpha value is 0.0400. The van der Waals surface area contributed by atoms with Crippen molar-refractivity contribution in [2.45, 2.75) is 28.5 Å². The van der Waals surface area contributed by atoms with Gasteiger partial charge in [-0.05, 0) is 6.42 Å². The van der Waals surface area contributed by atoms with Gasteiger partial charge < -0.3 is 9.64 Å². The predicted molar refractivity (Wildman–Crippen MR) is 69.0 cm³/mol. The molecule has 98 valence electrons. The SMILES string of the molecule is O=C1N2C[C@H]3C[C@@H]4C=C[C@]3(O4)[C@@H]2[C@@H](CCl)C1(Cl)Cl. The zero-order chi connectivity index (χ0) is 12.7. The van der Waals surface area contributed by atoms with Crippen LogP contribution in [0.4, 0.5) is 0 Å². The fourth-order valence-corrected chi connectivity index (χ4v) is 5.28. The molecule has 0 aromatic rings. The Morgan fingerprint density at radius 1 is 1.50 bits per heavy atom. The lowest BCUT2D eigenvalue weighted by atomic mass is 9.77. The quantitative estimate of drug-likeness (QED) is 0.547. The second-order valence-corrected chi connectivity index (χ2v) is 7.28.